The molecule has 0 aliphatic rings. The Labute approximate surface area is 90.6 Å². The van der Waals surface area contributed by atoms with Gasteiger partial charge in [0.2, 0.25) is 0 Å². The Bertz CT molecular complexity index is 240. The molecule has 0 aromatic heterocycles. The van der Waals surface area contributed by atoms with Crippen LogP contribution >= 0.6 is 47.1 Å². The van der Waals surface area contributed by atoms with Crippen molar-refractivity contribution in [3.05, 3.63) is 24.3 Å². The van der Waals surface area contributed by atoms with E-state index >= 15 is 0 Å². The van der Waals surface area contributed by atoms with E-state index in [-0.39, 0.29) is 0 Å². The summed E-state index contributed by atoms with van der Waals surface area (Å²) in [6, 6.07) is 6.82. The third kappa shape index (κ3) is 2.49. The van der Waals surface area contributed by atoms with Crippen molar-refractivity contribution in [2.45, 2.75) is 0 Å². The molecule has 2 nitrogen and oxygen atoms in total. The molecular weight excluding hydrogens is 242 g/mol. The topological polar surface area (TPSA) is 6.48 Å². The Morgan fingerprint density at radius 1 is 0.833 bits per heavy atom. The maximum absolute atomic E-state index is 5.47. The van der Waals surface area contributed by atoms with Gasteiger partial charge in [-0.05, 0) is 18.2 Å². The van der Waals surface area contributed by atoms with Gasteiger partial charge in [-0.25, -0.2) is 0 Å². The second-order valence-electron chi connectivity index (χ2n) is 1.99. The van der Waals surface area contributed by atoms with E-state index in [4.69, 9.17) is 47.1 Å². The summed E-state index contributed by atoms with van der Waals surface area (Å²) in [5.74, 6) is 0. The summed E-state index contributed by atoms with van der Waals surface area (Å²) < 4.78 is 1.86. The SMILES string of the molecule is ClN(Cl)c1cccc(N(Cl)Cl)c1. The van der Waals surface area contributed by atoms with E-state index in [1.165, 1.54) is 0 Å². The van der Waals surface area contributed by atoms with Crippen LogP contribution in [0.3, 0.4) is 0 Å². The highest BCUT2D eigenvalue weighted by Gasteiger charge is 2.03. The first-order valence-electron chi connectivity index (χ1n) is 2.94. The van der Waals surface area contributed by atoms with E-state index in [1.54, 1.807) is 24.3 Å². The number of halogens is 4. The van der Waals surface area contributed by atoms with E-state index in [0.29, 0.717) is 11.4 Å². The summed E-state index contributed by atoms with van der Waals surface area (Å²) in [6.45, 7) is 0. The van der Waals surface area contributed by atoms with Gasteiger partial charge in [0.25, 0.3) is 0 Å². The molecule has 6 heteroatoms. The molecular formula is C6H4Cl4N2. The van der Waals surface area contributed by atoms with E-state index in [1.807, 2.05) is 0 Å². The number of hydrogen-bond donors (Lipinski definition) is 0. The average Bonchev–Trinajstić information content (AvgIpc) is 2.04. The van der Waals surface area contributed by atoms with Crippen LogP contribution in [0, 0.1) is 0 Å². The van der Waals surface area contributed by atoms with Crippen LogP contribution in [0.1, 0.15) is 0 Å². The molecule has 0 atom stereocenters. The van der Waals surface area contributed by atoms with Crippen molar-refractivity contribution in [1.29, 1.82) is 0 Å². The highest BCUT2D eigenvalue weighted by atomic mass is 35.5. The van der Waals surface area contributed by atoms with E-state index < -0.39 is 0 Å². The molecule has 0 amide bonds. The van der Waals surface area contributed by atoms with Crippen LogP contribution < -0.4 is 7.88 Å². The molecule has 0 aliphatic carbocycles. The second kappa shape index (κ2) is 4.28. The maximum atomic E-state index is 5.47. The summed E-state index contributed by atoms with van der Waals surface area (Å²) in [5, 5.41) is 0. The Hall–Kier alpha value is -0.0200. The van der Waals surface area contributed by atoms with Gasteiger partial charge in [-0.15, -0.1) is 0 Å². The number of nitrogens with zero attached hydrogens (tertiary/aromatic N) is 2. The third-order valence-corrected chi connectivity index (χ3v) is 2.00. The monoisotopic (exact) mass is 244 g/mol. The van der Waals surface area contributed by atoms with Crippen LogP contribution in [0.5, 0.6) is 0 Å². The predicted molar refractivity (Wildman–Crippen MR) is 54.8 cm³/mol. The fourth-order valence-electron chi connectivity index (χ4n) is 0.703. The molecule has 0 unspecified atom stereocenters. The first-order chi connectivity index (χ1) is 5.61. The largest absolute Gasteiger partial charge is 0.194 e. The highest BCUT2D eigenvalue weighted by Crippen LogP contribution is 2.26. The van der Waals surface area contributed by atoms with Crippen LogP contribution in [0.25, 0.3) is 0 Å². The summed E-state index contributed by atoms with van der Waals surface area (Å²) >= 11 is 21.9. The van der Waals surface area contributed by atoms with Crippen molar-refractivity contribution in [1.82, 2.24) is 0 Å². The fourth-order valence-corrected chi connectivity index (χ4v) is 1.12. The van der Waals surface area contributed by atoms with Crippen molar-refractivity contribution in [3.8, 4) is 0 Å². The lowest BCUT2D eigenvalue weighted by molar-refractivity contribution is 1.53. The summed E-state index contributed by atoms with van der Waals surface area (Å²) in [7, 11) is 0. The lowest BCUT2D eigenvalue weighted by atomic mass is 10.3. The van der Waals surface area contributed by atoms with Gasteiger partial charge in [-0.3, -0.25) is 0 Å². The number of rotatable bonds is 2. The van der Waals surface area contributed by atoms with Gasteiger partial charge in [0.1, 0.15) is 0 Å². The molecule has 0 radical (unpaired) electrons. The second-order valence-corrected chi connectivity index (χ2v) is 3.68. The molecule has 0 spiro atoms. The van der Waals surface area contributed by atoms with Crippen LogP contribution in [0.2, 0.25) is 0 Å². The molecule has 66 valence electrons. The molecule has 0 N–H and O–H groups in total. The smallest absolute Gasteiger partial charge is 0.0731 e. The van der Waals surface area contributed by atoms with Gasteiger partial charge in [0.15, 0.2) is 0 Å². The average molecular weight is 246 g/mol. The first-order valence-corrected chi connectivity index (χ1v) is 4.30. The van der Waals surface area contributed by atoms with E-state index in [0.717, 1.165) is 7.88 Å². The van der Waals surface area contributed by atoms with Crippen LogP contribution in [0.15, 0.2) is 24.3 Å². The summed E-state index contributed by atoms with van der Waals surface area (Å²) in [6.07, 6.45) is 0. The van der Waals surface area contributed by atoms with Crippen molar-refractivity contribution in [2.75, 3.05) is 7.88 Å². The Morgan fingerprint density at radius 2 is 1.25 bits per heavy atom. The summed E-state index contributed by atoms with van der Waals surface area (Å²) in [4.78, 5) is 0. The Morgan fingerprint density at radius 3 is 1.58 bits per heavy atom. The fraction of sp³-hybridized carbons (Fsp3) is 0. The highest BCUT2D eigenvalue weighted by molar-refractivity contribution is 6.50. The van der Waals surface area contributed by atoms with E-state index in [2.05, 4.69) is 0 Å². The van der Waals surface area contributed by atoms with Crippen molar-refractivity contribution >= 4 is 58.5 Å². The molecule has 0 aliphatic heterocycles. The first kappa shape index (κ1) is 10.1. The predicted octanol–water partition coefficient (Wildman–Crippen LogP) is 3.91. The van der Waals surface area contributed by atoms with Crippen molar-refractivity contribution in [3.63, 3.8) is 0 Å². The standard InChI is InChI=1S/C6H4Cl4N2/c7-11(8)5-2-1-3-6(4-5)12(9)10/h1-4H. The number of anilines is 2. The lowest BCUT2D eigenvalue weighted by Crippen LogP contribution is -1.95. The quantitative estimate of drug-likeness (QED) is 0.729. The lowest BCUT2D eigenvalue weighted by Gasteiger charge is -2.09. The molecule has 1 aromatic carbocycles. The van der Waals surface area contributed by atoms with Gasteiger partial charge in [-0.2, -0.15) is 7.88 Å². The Balaban J connectivity index is 2.96. The van der Waals surface area contributed by atoms with Crippen LogP contribution in [-0.4, -0.2) is 0 Å². The maximum Gasteiger partial charge on any atom is 0.0731 e. The van der Waals surface area contributed by atoms with Crippen LogP contribution in [0.4, 0.5) is 11.4 Å². The zero-order valence-corrected chi connectivity index (χ0v) is 8.74. The molecule has 0 fully saturated rings. The zero-order valence-electron chi connectivity index (χ0n) is 5.72. The zero-order chi connectivity index (χ0) is 9.14. The molecule has 1 rings (SSSR count). The minimum absolute atomic E-state index is 0.599. The number of benzene rings is 1. The molecule has 1 aromatic rings. The summed E-state index contributed by atoms with van der Waals surface area (Å²) in [5.41, 5.74) is 1.20. The van der Waals surface area contributed by atoms with Gasteiger partial charge >= 0.3 is 0 Å². The third-order valence-electron chi connectivity index (χ3n) is 1.22. The molecule has 12 heavy (non-hydrogen) atoms. The minimum atomic E-state index is 0.599. The van der Waals surface area contributed by atoms with E-state index in [9.17, 15) is 0 Å². The van der Waals surface area contributed by atoms with Gasteiger partial charge in [-0.1, -0.05) is 6.07 Å². The molecule has 0 heterocycles. The van der Waals surface area contributed by atoms with Crippen LogP contribution in [-0.2, 0) is 0 Å². The van der Waals surface area contributed by atoms with Gasteiger partial charge < -0.3 is 0 Å². The normalized spacial score (nSPS) is 9.67. The molecule has 0 bridgehead atoms. The van der Waals surface area contributed by atoms with Crippen molar-refractivity contribution < 1.29 is 0 Å². The molecule has 0 saturated carbocycles. The van der Waals surface area contributed by atoms with Gasteiger partial charge in [0.05, 0.1) is 11.4 Å². The van der Waals surface area contributed by atoms with Gasteiger partial charge in [0, 0.05) is 47.1 Å². The molecule has 0 saturated heterocycles. The number of hydrogen-bond acceptors (Lipinski definition) is 2. The Kier molecular flexibility index (Phi) is 3.59. The van der Waals surface area contributed by atoms with Crippen molar-refractivity contribution in [2.24, 2.45) is 0 Å². The minimum Gasteiger partial charge on any atom is -0.194 e.